The molecule has 0 aliphatic heterocycles. The van der Waals surface area contributed by atoms with Crippen molar-refractivity contribution >= 4 is 82.0 Å². The van der Waals surface area contributed by atoms with Gasteiger partial charge in [0, 0.05) is 49.6 Å². The first kappa shape index (κ1) is 38.6. The Kier molecular flexibility index (Phi) is 8.90. The zero-order valence-electron chi connectivity index (χ0n) is 37.0. The number of hydrogen-bond donors (Lipinski definition) is 0. The van der Waals surface area contributed by atoms with Gasteiger partial charge in [-0.05, 0) is 122 Å². The molecule has 3 aromatic heterocycles. The topological polar surface area (TPSA) is 22.8 Å². The van der Waals surface area contributed by atoms with Crippen LogP contribution in [-0.2, 0) is 0 Å². The van der Waals surface area contributed by atoms with Crippen LogP contribution < -0.4 is 0 Å². The first-order chi connectivity index (χ1) is 33.1. The summed E-state index contributed by atoms with van der Waals surface area (Å²) in [5.74, 6) is 0. The first-order valence-electron chi connectivity index (χ1n) is 23.0. The minimum atomic E-state index is 0.985. The van der Waals surface area contributed by atoms with Crippen molar-refractivity contribution < 1.29 is 0 Å². The van der Waals surface area contributed by atoms with E-state index in [1.165, 1.54) is 76.3 Å². The second-order valence-corrected chi connectivity index (χ2v) is 17.5. The van der Waals surface area contributed by atoms with Crippen molar-refractivity contribution in [2.24, 2.45) is 0 Å². The molecule has 314 valence electrons. The predicted octanol–water partition coefficient (Wildman–Crippen LogP) is 17.2. The maximum atomic E-state index is 5.39. The number of rotatable bonds is 7. The molecule has 13 aromatic rings. The number of nitrogens with zero attached hydrogens (tertiary/aromatic N) is 3. The Morgan fingerprint density at radius 1 is 0.388 bits per heavy atom. The van der Waals surface area contributed by atoms with Crippen LogP contribution in [0.3, 0.4) is 0 Å². The highest BCUT2D eigenvalue weighted by molar-refractivity contribution is 6.22. The minimum absolute atomic E-state index is 0.985. The van der Waals surface area contributed by atoms with Crippen molar-refractivity contribution in [3.05, 3.63) is 242 Å². The molecule has 0 atom stereocenters. The van der Waals surface area contributed by atoms with E-state index < -0.39 is 0 Å². The minimum Gasteiger partial charge on any atom is -0.310 e. The maximum Gasteiger partial charge on any atom is 0.0788 e. The predicted molar refractivity (Wildman–Crippen MR) is 286 cm³/mol. The van der Waals surface area contributed by atoms with Gasteiger partial charge in [0.15, 0.2) is 0 Å². The van der Waals surface area contributed by atoms with E-state index in [9.17, 15) is 0 Å². The molecule has 0 spiro atoms. The van der Waals surface area contributed by atoms with Gasteiger partial charge >= 0.3 is 0 Å². The van der Waals surface area contributed by atoms with Gasteiger partial charge in [-0.2, -0.15) is 0 Å². The summed E-state index contributed by atoms with van der Waals surface area (Å²) in [4.78, 5) is 5.39. The summed E-state index contributed by atoms with van der Waals surface area (Å²) in [6.07, 6.45) is 6.03. The summed E-state index contributed by atoms with van der Waals surface area (Å²) < 4.78 is 4.76. The molecular weight excluding hydrogens is 811 g/mol. The zero-order valence-corrected chi connectivity index (χ0v) is 37.0. The third kappa shape index (κ3) is 6.02. The summed E-state index contributed by atoms with van der Waals surface area (Å²) >= 11 is 0. The van der Waals surface area contributed by atoms with Gasteiger partial charge in [0.25, 0.3) is 0 Å². The summed E-state index contributed by atoms with van der Waals surface area (Å²) in [7, 11) is 0. The van der Waals surface area contributed by atoms with Crippen molar-refractivity contribution in [1.29, 1.82) is 0 Å². The number of fused-ring (bicyclic) bond motifs is 9. The van der Waals surface area contributed by atoms with Crippen molar-refractivity contribution in [3.8, 4) is 44.9 Å². The summed E-state index contributed by atoms with van der Waals surface area (Å²) in [6, 6.07) is 77.6. The van der Waals surface area contributed by atoms with E-state index >= 15 is 0 Å². The summed E-state index contributed by atoms with van der Waals surface area (Å²) in [6.45, 7) is 6.17. The highest BCUT2D eigenvalue weighted by atomic mass is 15.0. The molecule has 3 heteroatoms. The Labute approximate surface area is 388 Å². The highest BCUT2D eigenvalue weighted by Gasteiger charge is 2.21. The number of allylic oxidation sites excluding steroid dienone is 2. The second-order valence-electron chi connectivity index (χ2n) is 17.5. The second kappa shape index (κ2) is 15.4. The molecule has 0 radical (unpaired) electrons. The molecule has 0 aliphatic rings. The molecule has 13 rings (SSSR count). The van der Waals surface area contributed by atoms with Crippen LogP contribution in [0.5, 0.6) is 0 Å². The first-order valence-corrected chi connectivity index (χ1v) is 23.0. The highest BCUT2D eigenvalue weighted by Crippen LogP contribution is 2.46. The summed E-state index contributed by atoms with van der Waals surface area (Å²) in [5, 5.41) is 12.1. The molecule has 0 bridgehead atoms. The molecule has 0 saturated heterocycles. The van der Waals surface area contributed by atoms with Gasteiger partial charge in [-0.25, -0.2) is 4.98 Å². The van der Waals surface area contributed by atoms with Crippen LogP contribution >= 0.6 is 0 Å². The van der Waals surface area contributed by atoms with Gasteiger partial charge in [-0.1, -0.05) is 176 Å². The lowest BCUT2D eigenvalue weighted by Gasteiger charge is -2.20. The number of aromatic nitrogens is 3. The molecule has 67 heavy (non-hydrogen) atoms. The van der Waals surface area contributed by atoms with Gasteiger partial charge in [0.2, 0.25) is 0 Å². The third-order valence-electron chi connectivity index (χ3n) is 13.9. The van der Waals surface area contributed by atoms with Gasteiger partial charge < -0.3 is 9.13 Å². The quantitative estimate of drug-likeness (QED) is 0.0890. The third-order valence-corrected chi connectivity index (χ3v) is 13.9. The average Bonchev–Trinajstić information content (AvgIpc) is 3.88. The van der Waals surface area contributed by atoms with Crippen LogP contribution in [0.1, 0.15) is 11.3 Å². The van der Waals surface area contributed by atoms with Crippen LogP contribution in [0, 0.1) is 6.92 Å². The lowest BCUT2D eigenvalue weighted by atomic mass is 9.85. The van der Waals surface area contributed by atoms with Crippen molar-refractivity contribution in [2.75, 3.05) is 0 Å². The van der Waals surface area contributed by atoms with Gasteiger partial charge in [-0.3, -0.25) is 0 Å². The largest absolute Gasteiger partial charge is 0.310 e. The SMILES string of the molecule is C=C/C=C\c1c(C)c2ccccc2n1-c1ccc(-c2c3ccccc3c(-c3ccc(-n4c5ccccc5c5ccccc54)cc3)c3cc(-c4nc5ccccc5c5ccccc45)ccc23)cc1. The Balaban J connectivity index is 1.05. The standard InChI is InChI=1S/C64H43N3/c1-3-4-26-58-41(2)47-17-10-14-27-59(47)66(58)45-35-30-42(31-36-45)62-52-22-6-7-23-53(52)63(43-32-37-46(38-33-43)67-60-28-15-11-20-50(60)51-21-12-16-29-61(51)67)56-40-44(34-39-54(56)62)64-55-24-8-5-18-48(55)49-19-9-13-25-57(49)65-64/h3-40H,1H2,2H3/b26-4-. The Bertz CT molecular complexity index is 4110. The smallest absolute Gasteiger partial charge is 0.0788 e. The van der Waals surface area contributed by atoms with Crippen LogP contribution in [0.15, 0.2) is 231 Å². The Morgan fingerprint density at radius 2 is 0.836 bits per heavy atom. The fourth-order valence-corrected chi connectivity index (χ4v) is 10.9. The summed E-state index contributed by atoms with van der Waals surface area (Å²) in [5.41, 5.74) is 16.0. The molecule has 0 fully saturated rings. The molecule has 0 aliphatic carbocycles. The van der Waals surface area contributed by atoms with E-state index in [2.05, 4.69) is 241 Å². The van der Waals surface area contributed by atoms with Crippen LogP contribution in [0.25, 0.3) is 127 Å². The van der Waals surface area contributed by atoms with E-state index in [1.807, 2.05) is 12.2 Å². The number of pyridine rings is 1. The number of benzene rings is 10. The molecule has 10 aromatic carbocycles. The van der Waals surface area contributed by atoms with Gasteiger partial charge in [0.1, 0.15) is 0 Å². The van der Waals surface area contributed by atoms with Crippen LogP contribution in [-0.4, -0.2) is 14.1 Å². The van der Waals surface area contributed by atoms with E-state index in [0.717, 1.165) is 55.7 Å². The van der Waals surface area contributed by atoms with E-state index in [4.69, 9.17) is 4.98 Å². The average molecular weight is 854 g/mol. The number of aryl methyl sites for hydroxylation is 1. The van der Waals surface area contributed by atoms with Crippen LogP contribution in [0.2, 0.25) is 0 Å². The molecule has 0 unspecified atom stereocenters. The zero-order chi connectivity index (χ0) is 44.6. The fraction of sp³-hybridized carbons (Fsp3) is 0.0156. The van der Waals surface area contributed by atoms with Gasteiger partial charge in [-0.15, -0.1) is 0 Å². The van der Waals surface area contributed by atoms with Crippen molar-refractivity contribution in [3.63, 3.8) is 0 Å². The van der Waals surface area contributed by atoms with E-state index in [-0.39, 0.29) is 0 Å². The Hall–Kier alpha value is -8.79. The monoisotopic (exact) mass is 853 g/mol. The fourth-order valence-electron chi connectivity index (χ4n) is 10.9. The molecule has 3 nitrogen and oxygen atoms in total. The van der Waals surface area contributed by atoms with E-state index in [1.54, 1.807) is 0 Å². The number of para-hydroxylation sites is 4. The van der Waals surface area contributed by atoms with E-state index in [0.29, 0.717) is 0 Å². The normalized spacial score (nSPS) is 12.0. The molecule has 0 saturated carbocycles. The maximum absolute atomic E-state index is 5.39. The van der Waals surface area contributed by atoms with Gasteiger partial charge in [0.05, 0.1) is 27.8 Å². The number of hydrogen-bond acceptors (Lipinski definition) is 1. The van der Waals surface area contributed by atoms with Crippen molar-refractivity contribution in [2.45, 2.75) is 6.92 Å². The van der Waals surface area contributed by atoms with Crippen molar-refractivity contribution in [1.82, 2.24) is 14.1 Å². The molecule has 0 N–H and O–H groups in total. The molecule has 0 amide bonds. The van der Waals surface area contributed by atoms with Crippen LogP contribution in [0.4, 0.5) is 0 Å². The Morgan fingerprint density at radius 3 is 1.45 bits per heavy atom. The molecular formula is C64H43N3. The lowest BCUT2D eigenvalue weighted by Crippen LogP contribution is -1.97. The molecule has 3 heterocycles. The lowest BCUT2D eigenvalue weighted by molar-refractivity contribution is 1.10.